The van der Waals surface area contributed by atoms with Crippen molar-refractivity contribution < 1.29 is 4.74 Å². The molecule has 6 heteroatoms. The van der Waals surface area contributed by atoms with Crippen molar-refractivity contribution >= 4 is 12.2 Å². The van der Waals surface area contributed by atoms with Crippen molar-refractivity contribution in [3.63, 3.8) is 0 Å². The molecule has 1 saturated heterocycles. The van der Waals surface area contributed by atoms with Crippen molar-refractivity contribution in [3.05, 3.63) is 34.6 Å². The number of aromatic nitrogens is 3. The summed E-state index contributed by atoms with van der Waals surface area (Å²) in [6, 6.07) is 9.08. The molecule has 1 saturated carbocycles. The van der Waals surface area contributed by atoms with E-state index in [0.29, 0.717) is 12.0 Å². The normalized spacial score (nSPS) is 24.2. The van der Waals surface area contributed by atoms with Crippen LogP contribution in [0.15, 0.2) is 24.3 Å². The van der Waals surface area contributed by atoms with Crippen molar-refractivity contribution in [2.45, 2.75) is 52.2 Å². The van der Waals surface area contributed by atoms with Crippen LogP contribution in [0.1, 0.15) is 44.2 Å². The largest absolute Gasteiger partial charge is 0.379 e. The zero-order chi connectivity index (χ0) is 18.8. The monoisotopic (exact) mass is 386 g/mol. The molecule has 0 N–H and O–H groups in total. The highest BCUT2D eigenvalue weighted by atomic mass is 32.1. The van der Waals surface area contributed by atoms with E-state index in [0.717, 1.165) is 43.6 Å². The van der Waals surface area contributed by atoms with Crippen molar-refractivity contribution in [2.75, 3.05) is 26.3 Å². The van der Waals surface area contributed by atoms with E-state index < -0.39 is 0 Å². The number of aryl methyl sites for hydroxylation is 1. The lowest BCUT2D eigenvalue weighted by molar-refractivity contribution is 0.0209. The molecule has 2 aliphatic rings. The first kappa shape index (κ1) is 18.8. The minimum Gasteiger partial charge on any atom is -0.379 e. The molecule has 2 aromatic rings. The lowest BCUT2D eigenvalue weighted by atomic mass is 9.85. The van der Waals surface area contributed by atoms with Gasteiger partial charge in [0.1, 0.15) is 0 Å². The van der Waals surface area contributed by atoms with Gasteiger partial charge in [-0.05, 0) is 44.0 Å². The molecule has 1 aliphatic carbocycles. The smallest absolute Gasteiger partial charge is 0.199 e. The highest BCUT2D eigenvalue weighted by Crippen LogP contribution is 2.36. The zero-order valence-corrected chi connectivity index (χ0v) is 17.2. The highest BCUT2D eigenvalue weighted by molar-refractivity contribution is 7.71. The second-order valence-corrected chi connectivity index (χ2v) is 8.41. The molecule has 2 heterocycles. The van der Waals surface area contributed by atoms with E-state index in [1.807, 2.05) is 4.68 Å². The molecular weight excluding hydrogens is 356 g/mol. The summed E-state index contributed by atoms with van der Waals surface area (Å²) in [5.41, 5.74) is 2.42. The van der Waals surface area contributed by atoms with Gasteiger partial charge in [0.15, 0.2) is 10.6 Å². The Morgan fingerprint density at radius 2 is 1.96 bits per heavy atom. The van der Waals surface area contributed by atoms with Crippen molar-refractivity contribution in [3.8, 4) is 11.4 Å². The van der Waals surface area contributed by atoms with Crippen LogP contribution >= 0.6 is 12.2 Å². The molecule has 1 aliphatic heterocycles. The SMILES string of the molecule is Cc1cccc(-c2nn(CN3CCOCC3)c(=S)n2[C@@H]2CCCC[C@@H]2C)c1. The fraction of sp³-hybridized carbons (Fsp3) is 0.619. The van der Waals surface area contributed by atoms with Crippen LogP contribution in [0.4, 0.5) is 0 Å². The summed E-state index contributed by atoms with van der Waals surface area (Å²) in [5, 5.41) is 5.02. The van der Waals surface area contributed by atoms with Gasteiger partial charge in [-0.3, -0.25) is 9.47 Å². The summed E-state index contributed by atoms with van der Waals surface area (Å²) in [4.78, 5) is 2.38. The molecular formula is C21H30N4OS. The first-order valence-corrected chi connectivity index (χ1v) is 10.6. The zero-order valence-electron chi connectivity index (χ0n) is 16.4. The van der Waals surface area contributed by atoms with E-state index in [9.17, 15) is 0 Å². The third-order valence-corrected chi connectivity index (χ3v) is 6.39. The van der Waals surface area contributed by atoms with Crippen LogP contribution in [-0.2, 0) is 11.4 Å². The Morgan fingerprint density at radius 1 is 1.19 bits per heavy atom. The summed E-state index contributed by atoms with van der Waals surface area (Å²) < 4.78 is 10.7. The Hall–Kier alpha value is -1.50. The summed E-state index contributed by atoms with van der Waals surface area (Å²) in [5.74, 6) is 1.66. The van der Waals surface area contributed by atoms with Gasteiger partial charge in [-0.1, -0.05) is 43.5 Å². The fourth-order valence-electron chi connectivity index (χ4n) is 4.40. The molecule has 2 atom stereocenters. The maximum Gasteiger partial charge on any atom is 0.199 e. The maximum absolute atomic E-state index is 5.95. The average Bonchev–Trinajstić information content (AvgIpc) is 2.99. The van der Waals surface area contributed by atoms with Crippen LogP contribution in [0.2, 0.25) is 0 Å². The molecule has 0 amide bonds. The molecule has 0 spiro atoms. The number of ether oxygens (including phenoxy) is 1. The number of hydrogen-bond acceptors (Lipinski definition) is 4. The van der Waals surface area contributed by atoms with Crippen molar-refractivity contribution in [1.82, 2.24) is 19.2 Å². The van der Waals surface area contributed by atoms with E-state index in [2.05, 4.69) is 47.6 Å². The molecule has 0 radical (unpaired) electrons. The Balaban J connectivity index is 1.75. The molecule has 0 unspecified atom stereocenters. The highest BCUT2D eigenvalue weighted by Gasteiger charge is 2.28. The van der Waals surface area contributed by atoms with Crippen LogP contribution in [-0.4, -0.2) is 45.6 Å². The molecule has 2 fully saturated rings. The van der Waals surface area contributed by atoms with Gasteiger partial charge in [-0.2, -0.15) is 5.10 Å². The number of hydrogen-bond donors (Lipinski definition) is 0. The second kappa shape index (κ2) is 8.25. The van der Waals surface area contributed by atoms with Crippen molar-refractivity contribution in [2.24, 2.45) is 5.92 Å². The summed E-state index contributed by atoms with van der Waals surface area (Å²) in [6.45, 7) is 8.70. The number of nitrogens with zero attached hydrogens (tertiary/aromatic N) is 4. The molecule has 4 rings (SSSR count). The predicted molar refractivity (Wildman–Crippen MR) is 110 cm³/mol. The van der Waals surface area contributed by atoms with Crippen LogP contribution in [0, 0.1) is 17.6 Å². The predicted octanol–water partition coefficient (Wildman–Crippen LogP) is 4.43. The topological polar surface area (TPSA) is 35.2 Å². The quantitative estimate of drug-likeness (QED) is 0.728. The van der Waals surface area contributed by atoms with Crippen LogP contribution in [0.3, 0.4) is 0 Å². The van der Waals surface area contributed by atoms with Gasteiger partial charge in [0.25, 0.3) is 0 Å². The average molecular weight is 387 g/mol. The fourth-order valence-corrected chi connectivity index (χ4v) is 4.72. The summed E-state index contributed by atoms with van der Waals surface area (Å²) in [7, 11) is 0. The number of rotatable bonds is 4. The molecule has 146 valence electrons. The van der Waals surface area contributed by atoms with Gasteiger partial charge in [-0.15, -0.1) is 0 Å². The minimum atomic E-state index is 0.445. The van der Waals surface area contributed by atoms with Gasteiger partial charge >= 0.3 is 0 Å². The van der Waals surface area contributed by atoms with Gasteiger partial charge in [-0.25, -0.2) is 4.68 Å². The van der Waals surface area contributed by atoms with Crippen molar-refractivity contribution in [1.29, 1.82) is 0 Å². The Bertz CT molecular complexity index is 837. The van der Waals surface area contributed by atoms with Gasteiger partial charge in [0, 0.05) is 24.7 Å². The molecule has 1 aromatic carbocycles. The third kappa shape index (κ3) is 4.03. The molecule has 27 heavy (non-hydrogen) atoms. The molecule has 0 bridgehead atoms. The lowest BCUT2D eigenvalue weighted by Gasteiger charge is -2.30. The van der Waals surface area contributed by atoms with Gasteiger partial charge in [0.05, 0.1) is 19.9 Å². The first-order chi connectivity index (χ1) is 13.1. The second-order valence-electron chi connectivity index (χ2n) is 8.05. The van der Waals surface area contributed by atoms with Gasteiger partial charge < -0.3 is 4.74 Å². The minimum absolute atomic E-state index is 0.445. The Kier molecular flexibility index (Phi) is 5.76. The van der Waals surface area contributed by atoms with E-state index in [1.54, 1.807) is 0 Å². The van der Waals surface area contributed by atoms with E-state index in [-0.39, 0.29) is 0 Å². The van der Waals surface area contributed by atoms with Crippen LogP contribution < -0.4 is 0 Å². The van der Waals surface area contributed by atoms with Crippen LogP contribution in [0.25, 0.3) is 11.4 Å². The maximum atomic E-state index is 5.95. The summed E-state index contributed by atoms with van der Waals surface area (Å²) in [6.07, 6.45) is 5.07. The molecule has 5 nitrogen and oxygen atoms in total. The Labute approximate surface area is 166 Å². The Morgan fingerprint density at radius 3 is 2.70 bits per heavy atom. The summed E-state index contributed by atoms with van der Waals surface area (Å²) >= 11 is 5.95. The van der Waals surface area contributed by atoms with E-state index in [1.165, 1.54) is 36.8 Å². The van der Waals surface area contributed by atoms with E-state index >= 15 is 0 Å². The first-order valence-electron chi connectivity index (χ1n) is 10.2. The standard InChI is InChI=1S/C21H30N4OS/c1-16-6-5-8-18(14-16)20-22-24(15-23-10-12-26-13-11-23)21(27)25(20)19-9-4-3-7-17(19)2/h5-6,8,14,17,19H,3-4,7,9-13,15H2,1-2H3/t17-,19+/m0/s1. The molecule has 1 aromatic heterocycles. The lowest BCUT2D eigenvalue weighted by Crippen LogP contribution is -2.37. The number of benzene rings is 1. The van der Waals surface area contributed by atoms with E-state index in [4.69, 9.17) is 22.1 Å². The third-order valence-electron chi connectivity index (χ3n) is 5.98. The van der Waals surface area contributed by atoms with Gasteiger partial charge in [0.2, 0.25) is 0 Å². The number of morpholine rings is 1. The van der Waals surface area contributed by atoms with Crippen LogP contribution in [0.5, 0.6) is 0 Å².